The van der Waals surface area contributed by atoms with Crippen molar-refractivity contribution in [1.82, 2.24) is 19.1 Å². The summed E-state index contributed by atoms with van der Waals surface area (Å²) >= 11 is 0. The Morgan fingerprint density at radius 2 is 0.842 bits per heavy atom. The number of hydrogen-bond acceptors (Lipinski definition) is 3. The van der Waals surface area contributed by atoms with Crippen molar-refractivity contribution < 1.29 is 0 Å². The average Bonchev–Trinajstić information content (AvgIpc) is 4.01. The average molecular weight is 967 g/mol. The lowest BCUT2D eigenvalue weighted by atomic mass is 9.97. The van der Waals surface area contributed by atoms with Gasteiger partial charge in [-0.25, -0.2) is 24.5 Å². The standard InChI is InChI=1S/C68H38N8/c1-70-49-29-32-51(48(36-49)42-69)45-27-34-65-57(37-45)58-38-46(52-33-30-50(71-2)40-61(52)72-3)28-35-66(58)76(65)67-39-47(68-73-59(43-16-6-4-7-17-43)41-60(74-68)44-18-8-5-9-19-44)26-31-56(67)55-22-12-15-25-64(55)75-62-23-13-10-20-53(62)54-21-11-14-24-63(54)75/h4-41H. The van der Waals surface area contributed by atoms with E-state index in [-0.39, 0.29) is 0 Å². The van der Waals surface area contributed by atoms with Gasteiger partial charge in [0.05, 0.1) is 70.6 Å². The summed E-state index contributed by atoms with van der Waals surface area (Å²) in [6, 6.07) is 80.0. The van der Waals surface area contributed by atoms with Crippen molar-refractivity contribution >= 4 is 60.7 Å². The number of rotatable bonds is 8. The first-order chi connectivity index (χ1) is 37.5. The Balaban J connectivity index is 1.13. The summed E-state index contributed by atoms with van der Waals surface area (Å²) in [5.74, 6) is 0.565. The topological polar surface area (TPSA) is 72.5 Å². The molecule has 76 heavy (non-hydrogen) atoms. The van der Waals surface area contributed by atoms with E-state index in [2.05, 4.69) is 175 Å². The highest BCUT2D eigenvalue weighted by Crippen LogP contribution is 2.45. The molecule has 13 aromatic rings. The van der Waals surface area contributed by atoms with E-state index in [0.717, 1.165) is 111 Å². The Labute approximate surface area is 438 Å². The van der Waals surface area contributed by atoms with Crippen molar-refractivity contribution in [1.29, 1.82) is 5.26 Å². The molecule has 0 unspecified atom stereocenters. The minimum Gasteiger partial charge on any atom is -0.309 e. The zero-order chi connectivity index (χ0) is 51.3. The van der Waals surface area contributed by atoms with Gasteiger partial charge in [0, 0.05) is 54.9 Å². The number of aromatic nitrogens is 4. The van der Waals surface area contributed by atoms with Crippen LogP contribution in [0.1, 0.15) is 5.56 Å². The van der Waals surface area contributed by atoms with Gasteiger partial charge < -0.3 is 9.13 Å². The molecule has 0 amide bonds. The van der Waals surface area contributed by atoms with Crippen LogP contribution in [0.4, 0.5) is 17.1 Å². The van der Waals surface area contributed by atoms with Crippen LogP contribution in [0.5, 0.6) is 0 Å². The van der Waals surface area contributed by atoms with Crippen LogP contribution >= 0.6 is 0 Å². The van der Waals surface area contributed by atoms with Gasteiger partial charge in [0.15, 0.2) is 22.9 Å². The maximum Gasteiger partial charge on any atom is 0.188 e. The van der Waals surface area contributed by atoms with Crippen LogP contribution in [0.3, 0.4) is 0 Å². The van der Waals surface area contributed by atoms with Gasteiger partial charge in [-0.15, -0.1) is 0 Å². The van der Waals surface area contributed by atoms with Gasteiger partial charge in [0.25, 0.3) is 0 Å². The van der Waals surface area contributed by atoms with Crippen LogP contribution in [0.2, 0.25) is 0 Å². The lowest BCUT2D eigenvalue weighted by molar-refractivity contribution is 1.15. The first kappa shape index (κ1) is 44.8. The molecular formula is C68H38N8. The Hall–Kier alpha value is -11.2. The van der Waals surface area contributed by atoms with Crippen LogP contribution in [0.25, 0.3) is 137 Å². The fraction of sp³-hybridized carbons (Fsp3) is 0. The predicted molar refractivity (Wildman–Crippen MR) is 307 cm³/mol. The van der Waals surface area contributed by atoms with Gasteiger partial charge in [-0.3, -0.25) is 0 Å². The first-order valence-electron chi connectivity index (χ1n) is 24.6. The second-order valence-corrected chi connectivity index (χ2v) is 18.5. The molecule has 0 saturated carbocycles. The number of benzene rings is 10. The van der Waals surface area contributed by atoms with E-state index in [1.165, 1.54) is 0 Å². The van der Waals surface area contributed by atoms with E-state index < -0.39 is 0 Å². The molecule has 0 aliphatic rings. The molecule has 0 saturated heterocycles. The van der Waals surface area contributed by atoms with Gasteiger partial charge in [-0.2, -0.15) is 5.26 Å². The molecule has 0 radical (unpaired) electrons. The molecule has 0 aliphatic heterocycles. The maximum atomic E-state index is 10.4. The van der Waals surface area contributed by atoms with E-state index in [9.17, 15) is 5.26 Å². The van der Waals surface area contributed by atoms with Crippen LogP contribution < -0.4 is 0 Å². The van der Waals surface area contributed by atoms with Crippen molar-refractivity contribution in [2.45, 2.75) is 0 Å². The Morgan fingerprint density at radius 1 is 0.355 bits per heavy atom. The van der Waals surface area contributed by atoms with E-state index in [1.807, 2.05) is 60.7 Å². The zero-order valence-corrected chi connectivity index (χ0v) is 40.5. The molecule has 3 aromatic heterocycles. The number of hydrogen-bond donors (Lipinski definition) is 0. The van der Waals surface area contributed by atoms with Crippen LogP contribution in [0, 0.1) is 31.0 Å². The number of nitrogens with zero attached hydrogens (tertiary/aromatic N) is 8. The monoisotopic (exact) mass is 966 g/mol. The molecule has 350 valence electrons. The molecule has 10 aromatic carbocycles. The molecule has 0 bridgehead atoms. The van der Waals surface area contributed by atoms with Crippen LogP contribution in [-0.2, 0) is 0 Å². The van der Waals surface area contributed by atoms with E-state index in [4.69, 9.17) is 29.7 Å². The van der Waals surface area contributed by atoms with Crippen molar-refractivity contribution in [3.05, 3.63) is 270 Å². The smallest absolute Gasteiger partial charge is 0.188 e. The van der Waals surface area contributed by atoms with Gasteiger partial charge >= 0.3 is 0 Å². The first-order valence-corrected chi connectivity index (χ1v) is 24.6. The highest BCUT2D eigenvalue weighted by molar-refractivity contribution is 6.13. The fourth-order valence-electron chi connectivity index (χ4n) is 10.7. The molecule has 8 nitrogen and oxygen atoms in total. The molecule has 13 rings (SSSR count). The second kappa shape index (κ2) is 18.5. The summed E-state index contributed by atoms with van der Waals surface area (Å²) in [5, 5.41) is 14.6. The molecular weight excluding hydrogens is 929 g/mol. The number of fused-ring (bicyclic) bond motifs is 6. The molecule has 0 atom stereocenters. The number of para-hydroxylation sites is 3. The lowest BCUT2D eigenvalue weighted by Gasteiger charge is -2.20. The third-order valence-corrected chi connectivity index (χ3v) is 14.2. The SMILES string of the molecule is [C-]#[N+]c1ccc(-c2ccc3c(c2)c2cc(-c4ccc([N+]#[C-])cc4[N+]#[C-])ccc2n3-c2cc(-c3nc(-c4ccccc4)cc(-c4ccccc4)n3)ccc2-c2ccccc2-n2c3ccccc3c3ccccc32)c(C#N)c1. The van der Waals surface area contributed by atoms with Gasteiger partial charge in [0.1, 0.15) is 0 Å². The Kier molecular flexibility index (Phi) is 10.9. The highest BCUT2D eigenvalue weighted by atomic mass is 15.0. The van der Waals surface area contributed by atoms with Crippen molar-refractivity contribution in [2.75, 3.05) is 0 Å². The Bertz CT molecular complexity index is 4450. The lowest BCUT2D eigenvalue weighted by Crippen LogP contribution is -2.03. The fourth-order valence-corrected chi connectivity index (χ4v) is 10.7. The van der Waals surface area contributed by atoms with Gasteiger partial charge in [0.2, 0.25) is 0 Å². The van der Waals surface area contributed by atoms with Crippen molar-refractivity contribution in [2.24, 2.45) is 0 Å². The maximum absolute atomic E-state index is 10.4. The second-order valence-electron chi connectivity index (χ2n) is 18.5. The Morgan fingerprint density at radius 3 is 1.45 bits per heavy atom. The van der Waals surface area contributed by atoms with Gasteiger partial charge in [-0.05, 0) is 82.9 Å². The van der Waals surface area contributed by atoms with Crippen LogP contribution in [-0.4, -0.2) is 19.1 Å². The molecule has 0 N–H and O–H groups in total. The van der Waals surface area contributed by atoms with Crippen molar-refractivity contribution in [3.8, 4) is 84.7 Å². The minimum atomic E-state index is 0.389. The van der Waals surface area contributed by atoms with Crippen LogP contribution in [0.15, 0.2) is 231 Å². The highest BCUT2D eigenvalue weighted by Gasteiger charge is 2.23. The largest absolute Gasteiger partial charge is 0.309 e. The zero-order valence-electron chi connectivity index (χ0n) is 40.5. The predicted octanol–water partition coefficient (Wildman–Crippen LogP) is 18.2. The quantitative estimate of drug-likeness (QED) is 0.142. The third kappa shape index (κ3) is 7.51. The minimum absolute atomic E-state index is 0.389. The summed E-state index contributed by atoms with van der Waals surface area (Å²) in [5.41, 5.74) is 16.9. The molecule has 0 fully saturated rings. The number of nitriles is 1. The summed E-state index contributed by atoms with van der Waals surface area (Å²) in [6.07, 6.45) is 0. The van der Waals surface area contributed by atoms with E-state index in [0.29, 0.717) is 34.0 Å². The summed E-state index contributed by atoms with van der Waals surface area (Å²) in [4.78, 5) is 21.7. The van der Waals surface area contributed by atoms with E-state index >= 15 is 0 Å². The molecule has 8 heteroatoms. The van der Waals surface area contributed by atoms with Crippen molar-refractivity contribution in [3.63, 3.8) is 0 Å². The molecule has 0 aliphatic carbocycles. The van der Waals surface area contributed by atoms with E-state index in [1.54, 1.807) is 24.3 Å². The third-order valence-electron chi connectivity index (χ3n) is 14.2. The van der Waals surface area contributed by atoms with Gasteiger partial charge in [-0.1, -0.05) is 170 Å². The summed E-state index contributed by atoms with van der Waals surface area (Å²) < 4.78 is 4.67. The molecule has 3 heterocycles. The normalized spacial score (nSPS) is 11.1. The molecule has 0 spiro atoms. The summed E-state index contributed by atoms with van der Waals surface area (Å²) in [6.45, 7) is 23.5. The summed E-state index contributed by atoms with van der Waals surface area (Å²) in [7, 11) is 0.